The Morgan fingerprint density at radius 3 is 2.81 bits per heavy atom. The van der Waals surface area contributed by atoms with Crippen LogP contribution in [0.1, 0.15) is 16.9 Å². The summed E-state index contributed by atoms with van der Waals surface area (Å²) >= 11 is 0. The first kappa shape index (κ1) is 11.0. The molecule has 1 saturated carbocycles. The minimum Gasteiger partial charge on any atom is -0.364 e. The maximum absolute atomic E-state index is 12.3. The lowest BCUT2D eigenvalue weighted by molar-refractivity contribution is -0.151. The number of carbonyl (C=O) groups is 1. The van der Waals surface area contributed by atoms with Crippen molar-refractivity contribution >= 4 is 5.91 Å². The number of nitrogens with two attached hydrogens (primary N) is 1. The van der Waals surface area contributed by atoms with Gasteiger partial charge in [-0.3, -0.25) is 9.48 Å². The molecule has 1 aromatic rings. The van der Waals surface area contributed by atoms with Crippen LogP contribution in [-0.2, 0) is 6.54 Å². The van der Waals surface area contributed by atoms with E-state index in [0.717, 1.165) is 0 Å². The Hall–Kier alpha value is -1.53. The number of rotatable bonds is 3. The lowest BCUT2D eigenvalue weighted by Crippen LogP contribution is -2.20. The Kier molecular flexibility index (Phi) is 2.40. The van der Waals surface area contributed by atoms with Gasteiger partial charge in [0.05, 0.1) is 5.92 Å². The molecule has 1 aromatic heterocycles. The Labute approximate surface area is 89.2 Å². The third-order valence-electron chi connectivity index (χ3n) is 2.72. The smallest absolute Gasteiger partial charge is 0.364 e. The zero-order chi connectivity index (χ0) is 11.9. The molecule has 2 rings (SSSR count). The van der Waals surface area contributed by atoms with E-state index in [1.165, 1.54) is 16.9 Å². The topological polar surface area (TPSA) is 60.9 Å². The maximum Gasteiger partial charge on any atom is 0.392 e. The van der Waals surface area contributed by atoms with Crippen molar-refractivity contribution in [2.24, 2.45) is 17.6 Å². The number of carbonyl (C=O) groups excluding carboxylic acids is 1. The van der Waals surface area contributed by atoms with Crippen LogP contribution in [0.5, 0.6) is 0 Å². The Morgan fingerprint density at radius 2 is 2.31 bits per heavy atom. The summed E-state index contributed by atoms with van der Waals surface area (Å²) in [4.78, 5) is 10.9. The number of amides is 1. The molecule has 0 saturated heterocycles. The van der Waals surface area contributed by atoms with Crippen LogP contribution < -0.4 is 5.73 Å². The zero-order valence-corrected chi connectivity index (χ0v) is 8.24. The minimum absolute atomic E-state index is 0.0927. The summed E-state index contributed by atoms with van der Waals surface area (Å²) in [5.41, 5.74) is 5.20. The summed E-state index contributed by atoms with van der Waals surface area (Å²) in [6, 6.07) is 1.40. The Balaban J connectivity index is 2.02. The number of hydrogen-bond acceptors (Lipinski definition) is 2. The summed E-state index contributed by atoms with van der Waals surface area (Å²) in [6.07, 6.45) is -2.70. The van der Waals surface area contributed by atoms with E-state index >= 15 is 0 Å². The molecule has 1 amide bonds. The molecule has 1 aliphatic carbocycles. The molecule has 2 atom stereocenters. The van der Waals surface area contributed by atoms with Crippen LogP contribution >= 0.6 is 0 Å². The van der Waals surface area contributed by atoms with Crippen LogP contribution in [0.15, 0.2) is 12.3 Å². The van der Waals surface area contributed by atoms with Crippen LogP contribution in [0.4, 0.5) is 13.2 Å². The summed E-state index contributed by atoms with van der Waals surface area (Å²) in [6.45, 7) is 0.0927. The van der Waals surface area contributed by atoms with Crippen molar-refractivity contribution in [1.82, 2.24) is 9.78 Å². The van der Waals surface area contributed by atoms with Crippen LogP contribution in [0.3, 0.4) is 0 Å². The first-order chi connectivity index (χ1) is 7.39. The van der Waals surface area contributed by atoms with Gasteiger partial charge >= 0.3 is 6.18 Å². The summed E-state index contributed by atoms with van der Waals surface area (Å²) in [5, 5.41) is 3.78. The highest BCUT2D eigenvalue weighted by Gasteiger charge is 2.55. The average Bonchev–Trinajstić information content (AvgIpc) is 2.74. The lowest BCUT2D eigenvalue weighted by Gasteiger charge is -2.06. The van der Waals surface area contributed by atoms with Gasteiger partial charge in [-0.15, -0.1) is 0 Å². The first-order valence-electron chi connectivity index (χ1n) is 4.78. The van der Waals surface area contributed by atoms with E-state index in [-0.39, 0.29) is 18.7 Å². The van der Waals surface area contributed by atoms with Crippen molar-refractivity contribution in [2.45, 2.75) is 19.1 Å². The van der Waals surface area contributed by atoms with Crippen molar-refractivity contribution in [3.05, 3.63) is 18.0 Å². The van der Waals surface area contributed by atoms with Crippen LogP contribution in [0.2, 0.25) is 0 Å². The van der Waals surface area contributed by atoms with Gasteiger partial charge < -0.3 is 5.73 Å². The molecule has 0 aliphatic heterocycles. The molecule has 88 valence electrons. The minimum atomic E-state index is -4.15. The maximum atomic E-state index is 12.3. The van der Waals surface area contributed by atoms with E-state index in [4.69, 9.17) is 5.73 Å². The fourth-order valence-corrected chi connectivity index (χ4v) is 1.76. The lowest BCUT2D eigenvalue weighted by atomic mass is 10.3. The summed E-state index contributed by atoms with van der Waals surface area (Å²) in [7, 11) is 0. The molecule has 0 spiro atoms. The van der Waals surface area contributed by atoms with Crippen LogP contribution in [-0.4, -0.2) is 21.9 Å². The molecule has 1 fully saturated rings. The van der Waals surface area contributed by atoms with Gasteiger partial charge in [-0.25, -0.2) is 0 Å². The van der Waals surface area contributed by atoms with Crippen molar-refractivity contribution < 1.29 is 18.0 Å². The van der Waals surface area contributed by atoms with Gasteiger partial charge in [0.15, 0.2) is 0 Å². The zero-order valence-electron chi connectivity index (χ0n) is 8.24. The normalized spacial score (nSPS) is 24.4. The first-order valence-corrected chi connectivity index (χ1v) is 4.78. The van der Waals surface area contributed by atoms with Crippen LogP contribution in [0, 0.1) is 11.8 Å². The van der Waals surface area contributed by atoms with E-state index in [1.807, 2.05) is 0 Å². The van der Waals surface area contributed by atoms with Gasteiger partial charge in [-0.05, 0) is 18.4 Å². The molecule has 1 heterocycles. The molecule has 0 unspecified atom stereocenters. The molecular weight excluding hydrogens is 223 g/mol. The molecular formula is C9H10F3N3O. The summed E-state index contributed by atoms with van der Waals surface area (Å²) in [5.74, 6) is -2.43. The van der Waals surface area contributed by atoms with E-state index in [1.54, 1.807) is 0 Å². The van der Waals surface area contributed by atoms with Gasteiger partial charge in [-0.2, -0.15) is 18.3 Å². The highest BCUT2D eigenvalue weighted by atomic mass is 19.4. The second-order valence-corrected chi connectivity index (χ2v) is 3.91. The van der Waals surface area contributed by atoms with Gasteiger partial charge in [0, 0.05) is 12.7 Å². The predicted molar refractivity (Wildman–Crippen MR) is 48.4 cm³/mol. The van der Waals surface area contributed by atoms with E-state index in [2.05, 4.69) is 5.10 Å². The fraction of sp³-hybridized carbons (Fsp3) is 0.556. The Bertz CT molecular complexity index is 412. The quantitative estimate of drug-likeness (QED) is 0.852. The van der Waals surface area contributed by atoms with E-state index in [9.17, 15) is 18.0 Å². The molecule has 0 aromatic carbocycles. The SMILES string of the molecule is NC(=O)c1ccnn1C[C@@H]1C[C@H]1C(F)(F)F. The standard InChI is InChI=1S/C9H10F3N3O/c10-9(11,12)6-3-5(6)4-15-7(8(13)16)1-2-14-15/h1-2,5-6H,3-4H2,(H2,13,16)/t5-,6+/m0/s1. The largest absolute Gasteiger partial charge is 0.392 e. The van der Waals surface area contributed by atoms with Gasteiger partial charge in [0.25, 0.3) is 5.91 Å². The number of nitrogens with zero attached hydrogens (tertiary/aromatic N) is 2. The molecule has 2 N–H and O–H groups in total. The predicted octanol–water partition coefficient (Wildman–Crippen LogP) is 1.18. The number of hydrogen-bond donors (Lipinski definition) is 1. The average molecular weight is 233 g/mol. The second kappa shape index (κ2) is 3.50. The summed E-state index contributed by atoms with van der Waals surface area (Å²) < 4.78 is 38.0. The molecule has 16 heavy (non-hydrogen) atoms. The number of halogens is 3. The molecule has 1 aliphatic rings. The third-order valence-corrected chi connectivity index (χ3v) is 2.72. The highest BCUT2D eigenvalue weighted by molar-refractivity contribution is 5.90. The van der Waals surface area contributed by atoms with Crippen molar-refractivity contribution in [2.75, 3.05) is 0 Å². The third kappa shape index (κ3) is 2.02. The second-order valence-electron chi connectivity index (χ2n) is 3.91. The van der Waals surface area contributed by atoms with Crippen LogP contribution in [0.25, 0.3) is 0 Å². The number of alkyl halides is 3. The molecule has 4 nitrogen and oxygen atoms in total. The highest BCUT2D eigenvalue weighted by Crippen LogP contribution is 2.50. The van der Waals surface area contributed by atoms with Gasteiger partial charge in [-0.1, -0.05) is 0 Å². The van der Waals surface area contributed by atoms with Crippen molar-refractivity contribution in [3.8, 4) is 0 Å². The Morgan fingerprint density at radius 1 is 1.62 bits per heavy atom. The molecule has 0 bridgehead atoms. The molecule has 0 radical (unpaired) electrons. The van der Waals surface area contributed by atoms with E-state index in [0.29, 0.717) is 0 Å². The number of primary amides is 1. The monoisotopic (exact) mass is 233 g/mol. The fourth-order valence-electron chi connectivity index (χ4n) is 1.76. The molecule has 7 heteroatoms. The van der Waals surface area contributed by atoms with Gasteiger partial charge in [0.2, 0.25) is 0 Å². The van der Waals surface area contributed by atoms with E-state index < -0.39 is 23.9 Å². The van der Waals surface area contributed by atoms with Crippen molar-refractivity contribution in [1.29, 1.82) is 0 Å². The number of aromatic nitrogens is 2. The van der Waals surface area contributed by atoms with Crippen molar-refractivity contribution in [3.63, 3.8) is 0 Å². The van der Waals surface area contributed by atoms with Gasteiger partial charge in [0.1, 0.15) is 5.69 Å².